The Morgan fingerprint density at radius 2 is 2.20 bits per heavy atom. The maximum atomic E-state index is 10.7. The molecule has 1 aromatic carbocycles. The number of halogens is 1. The topological polar surface area (TPSA) is 62.2 Å². The van der Waals surface area contributed by atoms with Gasteiger partial charge in [-0.15, -0.1) is 0 Å². The lowest BCUT2D eigenvalue weighted by molar-refractivity contribution is 0.0696. The van der Waals surface area contributed by atoms with E-state index in [1.807, 2.05) is 12.1 Å². The fraction of sp³-hybridized carbons (Fsp3) is 0.200. The molecule has 0 saturated carbocycles. The number of nitrogens with one attached hydrogen (secondary N) is 1. The number of benzene rings is 1. The average molecular weight is 335 g/mol. The first-order valence-electron chi connectivity index (χ1n) is 6.23. The van der Waals surface area contributed by atoms with Gasteiger partial charge in [-0.25, -0.2) is 4.79 Å². The number of hydrogen-bond donors (Lipinski definition) is 2. The fourth-order valence-corrected chi connectivity index (χ4v) is 2.22. The van der Waals surface area contributed by atoms with E-state index in [0.29, 0.717) is 6.54 Å². The van der Waals surface area contributed by atoms with E-state index in [1.165, 1.54) is 11.8 Å². The van der Waals surface area contributed by atoms with Gasteiger partial charge in [-0.3, -0.25) is 4.98 Å². The van der Waals surface area contributed by atoms with Crippen LogP contribution in [0.15, 0.2) is 47.1 Å². The van der Waals surface area contributed by atoms with Gasteiger partial charge in [0, 0.05) is 23.3 Å². The van der Waals surface area contributed by atoms with Gasteiger partial charge in [0.25, 0.3) is 0 Å². The van der Waals surface area contributed by atoms with Gasteiger partial charge in [0.15, 0.2) is 0 Å². The van der Waals surface area contributed by atoms with E-state index < -0.39 is 5.97 Å². The Kier molecular flexibility index (Phi) is 4.87. The lowest BCUT2D eigenvalue weighted by Gasteiger charge is -2.14. The molecule has 1 heterocycles. The van der Waals surface area contributed by atoms with Gasteiger partial charge in [-0.05, 0) is 36.8 Å². The summed E-state index contributed by atoms with van der Waals surface area (Å²) >= 11 is 3.45. The molecule has 0 spiro atoms. The first kappa shape index (κ1) is 14.7. The van der Waals surface area contributed by atoms with E-state index in [1.54, 1.807) is 12.1 Å². The van der Waals surface area contributed by atoms with Crippen LogP contribution in [0.5, 0.6) is 0 Å². The standard InChI is InChI=1S/C15H15BrN2O2/c1-10(11-3-2-4-13(16)7-11)17-9-14-6-5-12(8-18-14)15(19)20/h2-8,10,17H,9H2,1H3,(H,19,20)/t10-/m0/s1. The van der Waals surface area contributed by atoms with Crippen LogP contribution in [0.2, 0.25) is 0 Å². The molecule has 0 aliphatic rings. The second-order valence-electron chi connectivity index (χ2n) is 4.50. The third-order valence-corrected chi connectivity index (χ3v) is 3.50. The molecular formula is C15H15BrN2O2. The van der Waals surface area contributed by atoms with Gasteiger partial charge in [-0.1, -0.05) is 28.1 Å². The van der Waals surface area contributed by atoms with E-state index in [-0.39, 0.29) is 11.6 Å². The number of rotatable bonds is 5. The highest BCUT2D eigenvalue weighted by molar-refractivity contribution is 9.10. The number of pyridine rings is 1. The highest BCUT2D eigenvalue weighted by Crippen LogP contribution is 2.18. The Morgan fingerprint density at radius 3 is 2.80 bits per heavy atom. The van der Waals surface area contributed by atoms with Gasteiger partial charge in [0.1, 0.15) is 0 Å². The smallest absolute Gasteiger partial charge is 0.337 e. The van der Waals surface area contributed by atoms with Crippen LogP contribution in [0.4, 0.5) is 0 Å². The molecule has 0 unspecified atom stereocenters. The third kappa shape index (κ3) is 3.88. The lowest BCUT2D eigenvalue weighted by Crippen LogP contribution is -2.18. The van der Waals surface area contributed by atoms with Crippen molar-refractivity contribution in [3.05, 3.63) is 63.9 Å². The first-order chi connectivity index (χ1) is 9.56. The Balaban J connectivity index is 1.96. The summed E-state index contributed by atoms with van der Waals surface area (Å²) in [6.45, 7) is 2.67. The molecule has 5 heteroatoms. The quantitative estimate of drug-likeness (QED) is 0.879. The minimum absolute atomic E-state index is 0.188. The molecular weight excluding hydrogens is 320 g/mol. The van der Waals surface area contributed by atoms with Crippen molar-refractivity contribution in [2.24, 2.45) is 0 Å². The van der Waals surface area contributed by atoms with Crippen molar-refractivity contribution in [3.63, 3.8) is 0 Å². The molecule has 20 heavy (non-hydrogen) atoms. The Bertz CT molecular complexity index is 599. The number of carbonyl (C=O) groups is 1. The number of nitrogens with zero attached hydrogens (tertiary/aromatic N) is 1. The monoisotopic (exact) mass is 334 g/mol. The van der Waals surface area contributed by atoms with E-state index in [9.17, 15) is 4.79 Å². The minimum atomic E-state index is -0.959. The van der Waals surface area contributed by atoms with Crippen LogP contribution in [-0.2, 0) is 6.54 Å². The molecule has 0 saturated heterocycles. The second-order valence-corrected chi connectivity index (χ2v) is 5.42. The van der Waals surface area contributed by atoms with Crippen LogP contribution in [0.3, 0.4) is 0 Å². The molecule has 0 aliphatic carbocycles. The molecule has 4 nitrogen and oxygen atoms in total. The van der Waals surface area contributed by atoms with Crippen molar-refractivity contribution < 1.29 is 9.90 Å². The van der Waals surface area contributed by atoms with E-state index in [4.69, 9.17) is 5.11 Å². The van der Waals surface area contributed by atoms with E-state index in [0.717, 1.165) is 10.2 Å². The fourth-order valence-electron chi connectivity index (χ4n) is 1.81. The maximum absolute atomic E-state index is 10.7. The molecule has 0 radical (unpaired) electrons. The zero-order valence-electron chi connectivity index (χ0n) is 11.0. The van der Waals surface area contributed by atoms with Crippen molar-refractivity contribution in [1.82, 2.24) is 10.3 Å². The Morgan fingerprint density at radius 1 is 1.40 bits per heavy atom. The van der Waals surface area contributed by atoms with Crippen LogP contribution < -0.4 is 5.32 Å². The molecule has 1 atom stereocenters. The molecule has 0 fully saturated rings. The number of hydrogen-bond acceptors (Lipinski definition) is 3. The Labute approximate surface area is 126 Å². The number of carboxylic acid groups (broad SMARTS) is 1. The number of aromatic nitrogens is 1. The summed E-state index contributed by atoms with van der Waals surface area (Å²) in [7, 11) is 0. The summed E-state index contributed by atoms with van der Waals surface area (Å²) < 4.78 is 1.05. The molecule has 2 aromatic rings. The molecule has 2 N–H and O–H groups in total. The van der Waals surface area contributed by atoms with Crippen molar-refractivity contribution >= 4 is 21.9 Å². The van der Waals surface area contributed by atoms with Gasteiger partial charge in [0.05, 0.1) is 11.3 Å². The van der Waals surface area contributed by atoms with Gasteiger partial charge < -0.3 is 10.4 Å². The summed E-state index contributed by atoms with van der Waals surface area (Å²) in [4.78, 5) is 14.9. The van der Waals surface area contributed by atoms with Gasteiger partial charge in [-0.2, -0.15) is 0 Å². The lowest BCUT2D eigenvalue weighted by atomic mass is 10.1. The first-order valence-corrected chi connectivity index (χ1v) is 7.02. The van der Waals surface area contributed by atoms with Crippen molar-refractivity contribution in [2.75, 3.05) is 0 Å². The van der Waals surface area contributed by atoms with Crippen LogP contribution >= 0.6 is 15.9 Å². The summed E-state index contributed by atoms with van der Waals surface area (Å²) in [5.74, 6) is -0.959. The summed E-state index contributed by atoms with van der Waals surface area (Å²) in [5, 5.41) is 12.2. The zero-order chi connectivity index (χ0) is 14.5. The van der Waals surface area contributed by atoms with Gasteiger partial charge >= 0.3 is 5.97 Å². The highest BCUT2D eigenvalue weighted by Gasteiger charge is 2.07. The number of aromatic carboxylic acids is 1. The van der Waals surface area contributed by atoms with Crippen LogP contribution in [-0.4, -0.2) is 16.1 Å². The summed E-state index contributed by atoms with van der Waals surface area (Å²) in [6.07, 6.45) is 1.38. The molecule has 2 rings (SSSR count). The largest absolute Gasteiger partial charge is 0.478 e. The van der Waals surface area contributed by atoms with Crippen LogP contribution in [0, 0.1) is 0 Å². The van der Waals surface area contributed by atoms with E-state index >= 15 is 0 Å². The molecule has 0 bridgehead atoms. The van der Waals surface area contributed by atoms with Crippen molar-refractivity contribution in [3.8, 4) is 0 Å². The average Bonchev–Trinajstić information content (AvgIpc) is 2.45. The highest BCUT2D eigenvalue weighted by atomic mass is 79.9. The predicted octanol–water partition coefficient (Wildman–Crippen LogP) is 3.39. The molecule has 0 amide bonds. The van der Waals surface area contributed by atoms with Gasteiger partial charge in [0.2, 0.25) is 0 Å². The third-order valence-electron chi connectivity index (χ3n) is 3.01. The molecule has 104 valence electrons. The predicted molar refractivity (Wildman–Crippen MR) is 80.6 cm³/mol. The maximum Gasteiger partial charge on any atom is 0.337 e. The SMILES string of the molecule is C[C@H](NCc1ccc(C(=O)O)cn1)c1cccc(Br)c1. The summed E-state index contributed by atoms with van der Waals surface area (Å²) in [6, 6.07) is 11.6. The Hall–Kier alpha value is -1.72. The number of carboxylic acids is 1. The van der Waals surface area contributed by atoms with E-state index in [2.05, 4.69) is 45.3 Å². The zero-order valence-corrected chi connectivity index (χ0v) is 12.6. The van der Waals surface area contributed by atoms with Crippen molar-refractivity contribution in [2.45, 2.75) is 19.5 Å². The normalized spacial score (nSPS) is 12.1. The second kappa shape index (κ2) is 6.63. The molecule has 0 aliphatic heterocycles. The van der Waals surface area contributed by atoms with Crippen molar-refractivity contribution in [1.29, 1.82) is 0 Å². The molecule has 1 aromatic heterocycles. The van der Waals surface area contributed by atoms with Crippen LogP contribution in [0.25, 0.3) is 0 Å². The summed E-state index contributed by atoms with van der Waals surface area (Å²) in [5.41, 5.74) is 2.20. The van der Waals surface area contributed by atoms with Crippen LogP contribution in [0.1, 0.15) is 34.6 Å². The minimum Gasteiger partial charge on any atom is -0.478 e.